The number of esters is 1. The predicted octanol–water partition coefficient (Wildman–Crippen LogP) is 4.02. The zero-order valence-electron chi connectivity index (χ0n) is 16.9. The van der Waals surface area contributed by atoms with Gasteiger partial charge in [-0.25, -0.2) is 19.3 Å². The van der Waals surface area contributed by atoms with Gasteiger partial charge in [-0.15, -0.1) is 0 Å². The average Bonchev–Trinajstić information content (AvgIpc) is 3.13. The van der Waals surface area contributed by atoms with Gasteiger partial charge in [-0.3, -0.25) is 0 Å². The van der Waals surface area contributed by atoms with Gasteiger partial charge in [0.2, 0.25) is 0 Å². The molecular formula is C22H18N6O3. The maximum atomic E-state index is 12.3. The zero-order chi connectivity index (χ0) is 21.8. The normalized spacial score (nSPS) is 10.5. The Morgan fingerprint density at radius 1 is 1.23 bits per heavy atom. The number of anilines is 2. The van der Waals surface area contributed by atoms with Crippen molar-refractivity contribution in [2.75, 3.05) is 11.9 Å². The molecule has 0 radical (unpaired) electrons. The van der Waals surface area contributed by atoms with Gasteiger partial charge in [-0.05, 0) is 49.7 Å². The van der Waals surface area contributed by atoms with E-state index in [4.69, 9.17) is 9.47 Å². The summed E-state index contributed by atoms with van der Waals surface area (Å²) in [7, 11) is 0. The van der Waals surface area contributed by atoms with Gasteiger partial charge >= 0.3 is 12.0 Å². The zero-order valence-corrected chi connectivity index (χ0v) is 16.9. The smallest absolute Gasteiger partial charge is 0.340 e. The molecule has 0 atom stereocenters. The number of nitrogens with zero attached hydrogens (tertiary/aromatic N) is 5. The van der Waals surface area contributed by atoms with Gasteiger partial charge in [0.1, 0.15) is 11.8 Å². The first kappa shape index (κ1) is 19.8. The SMILES string of the molecule is CCOC(=O)c1cn2ncc(C#N)c(Nc3ccc(Oc4ncccn4)cc3)c2c1C. The summed E-state index contributed by atoms with van der Waals surface area (Å²) in [6.07, 6.45) is 6.25. The lowest BCUT2D eigenvalue weighted by Crippen LogP contribution is -2.04. The number of fused-ring (bicyclic) bond motifs is 1. The molecule has 9 heteroatoms. The predicted molar refractivity (Wildman–Crippen MR) is 112 cm³/mol. The van der Waals surface area contributed by atoms with Gasteiger partial charge in [-0.2, -0.15) is 10.4 Å². The number of aromatic nitrogens is 4. The highest BCUT2D eigenvalue weighted by molar-refractivity contribution is 5.97. The molecule has 3 heterocycles. The highest BCUT2D eigenvalue weighted by atomic mass is 16.5. The van der Waals surface area contributed by atoms with E-state index in [2.05, 4.69) is 26.5 Å². The molecule has 4 rings (SSSR count). The van der Waals surface area contributed by atoms with Crippen LogP contribution in [0.5, 0.6) is 11.8 Å². The number of rotatable bonds is 6. The molecule has 0 saturated heterocycles. The Labute approximate surface area is 177 Å². The van der Waals surface area contributed by atoms with Gasteiger partial charge in [-0.1, -0.05) is 0 Å². The van der Waals surface area contributed by atoms with Crippen molar-refractivity contribution in [1.29, 1.82) is 5.26 Å². The molecule has 1 aromatic carbocycles. The van der Waals surface area contributed by atoms with Crippen LogP contribution in [0.3, 0.4) is 0 Å². The number of carbonyl (C=O) groups excluding carboxylic acids is 1. The molecule has 0 saturated carbocycles. The molecule has 3 aromatic heterocycles. The van der Waals surface area contributed by atoms with Crippen molar-refractivity contribution in [2.45, 2.75) is 13.8 Å². The van der Waals surface area contributed by atoms with Crippen LogP contribution in [-0.4, -0.2) is 32.2 Å². The number of hydrogen-bond donors (Lipinski definition) is 1. The maximum Gasteiger partial charge on any atom is 0.340 e. The van der Waals surface area contributed by atoms with Gasteiger partial charge in [0, 0.05) is 24.3 Å². The molecule has 4 aromatic rings. The first-order chi connectivity index (χ1) is 15.1. The van der Waals surface area contributed by atoms with Crippen molar-refractivity contribution in [3.8, 4) is 17.8 Å². The van der Waals surface area contributed by atoms with Crippen LogP contribution < -0.4 is 10.1 Å². The quantitative estimate of drug-likeness (QED) is 0.471. The second kappa shape index (κ2) is 8.51. The summed E-state index contributed by atoms with van der Waals surface area (Å²) in [6.45, 7) is 3.82. The maximum absolute atomic E-state index is 12.3. The molecule has 0 bridgehead atoms. The third-order valence-electron chi connectivity index (χ3n) is 4.55. The second-order valence-corrected chi connectivity index (χ2v) is 6.51. The number of nitrogens with one attached hydrogen (secondary N) is 1. The van der Waals surface area contributed by atoms with Crippen molar-refractivity contribution in [2.24, 2.45) is 0 Å². The molecule has 0 unspecified atom stereocenters. The largest absolute Gasteiger partial charge is 0.462 e. The first-order valence-corrected chi connectivity index (χ1v) is 9.50. The molecule has 154 valence electrons. The minimum atomic E-state index is -0.431. The molecule has 0 fully saturated rings. The Bertz CT molecular complexity index is 1280. The number of ether oxygens (including phenoxy) is 2. The van der Waals surface area contributed by atoms with E-state index in [1.807, 2.05) is 0 Å². The monoisotopic (exact) mass is 414 g/mol. The fourth-order valence-corrected chi connectivity index (χ4v) is 3.11. The Morgan fingerprint density at radius 2 is 1.97 bits per heavy atom. The minimum absolute atomic E-state index is 0.251. The lowest BCUT2D eigenvalue weighted by atomic mass is 10.1. The number of hydrogen-bond acceptors (Lipinski definition) is 8. The van der Waals surface area contributed by atoms with E-state index in [1.165, 1.54) is 6.20 Å². The molecule has 9 nitrogen and oxygen atoms in total. The van der Waals surface area contributed by atoms with Crippen molar-refractivity contribution >= 4 is 22.9 Å². The average molecular weight is 414 g/mol. The summed E-state index contributed by atoms with van der Waals surface area (Å²) in [5.41, 5.74) is 3.32. The van der Waals surface area contributed by atoms with E-state index in [-0.39, 0.29) is 12.6 Å². The van der Waals surface area contributed by atoms with Gasteiger partial charge < -0.3 is 14.8 Å². The third kappa shape index (κ3) is 4.00. The van der Waals surface area contributed by atoms with E-state index in [0.29, 0.717) is 33.6 Å². The van der Waals surface area contributed by atoms with Crippen molar-refractivity contribution in [3.63, 3.8) is 0 Å². The number of benzene rings is 1. The van der Waals surface area contributed by atoms with Crippen LogP contribution in [0.1, 0.15) is 28.4 Å². The standard InChI is InChI=1S/C22H18N6O3/c1-3-30-21(29)18-13-28-20(14(18)2)19(15(11-23)12-26-28)27-16-5-7-17(8-6-16)31-22-24-9-4-10-25-22/h4-10,12-13,27H,3H2,1-2H3. The Kier molecular flexibility index (Phi) is 5.45. The summed E-state index contributed by atoms with van der Waals surface area (Å²) in [4.78, 5) is 20.3. The number of carbonyl (C=O) groups is 1. The Hall–Kier alpha value is -4.45. The van der Waals surface area contributed by atoms with Crippen molar-refractivity contribution < 1.29 is 14.3 Å². The molecule has 0 spiro atoms. The summed E-state index contributed by atoms with van der Waals surface area (Å²) in [6, 6.07) is 11.2. The third-order valence-corrected chi connectivity index (χ3v) is 4.55. The van der Waals surface area contributed by atoms with E-state index < -0.39 is 5.97 Å². The molecular weight excluding hydrogens is 396 g/mol. The number of nitriles is 1. The van der Waals surface area contributed by atoms with Crippen LogP contribution in [0.25, 0.3) is 5.52 Å². The van der Waals surface area contributed by atoms with Crippen molar-refractivity contribution in [3.05, 3.63) is 71.8 Å². The summed E-state index contributed by atoms with van der Waals surface area (Å²) >= 11 is 0. The Morgan fingerprint density at radius 3 is 2.65 bits per heavy atom. The van der Waals surface area contributed by atoms with Gasteiger partial charge in [0.25, 0.3) is 0 Å². The molecule has 1 N–H and O–H groups in total. The van der Waals surface area contributed by atoms with Crippen LogP contribution in [-0.2, 0) is 4.74 Å². The van der Waals surface area contributed by atoms with Crippen LogP contribution in [0, 0.1) is 18.3 Å². The van der Waals surface area contributed by atoms with E-state index >= 15 is 0 Å². The molecule has 0 aliphatic rings. The van der Waals surface area contributed by atoms with E-state index in [0.717, 1.165) is 5.69 Å². The van der Waals surface area contributed by atoms with E-state index in [1.54, 1.807) is 67.3 Å². The van der Waals surface area contributed by atoms with Crippen LogP contribution in [0.2, 0.25) is 0 Å². The molecule has 31 heavy (non-hydrogen) atoms. The summed E-state index contributed by atoms with van der Waals surface area (Å²) < 4.78 is 12.3. The summed E-state index contributed by atoms with van der Waals surface area (Å²) in [5.74, 6) is 0.139. The lowest BCUT2D eigenvalue weighted by molar-refractivity contribution is 0.0525. The fourth-order valence-electron chi connectivity index (χ4n) is 3.11. The topological polar surface area (TPSA) is 114 Å². The van der Waals surface area contributed by atoms with Gasteiger partial charge in [0.15, 0.2) is 0 Å². The first-order valence-electron chi connectivity index (χ1n) is 9.50. The Balaban J connectivity index is 1.67. The molecule has 0 aliphatic carbocycles. The van der Waals surface area contributed by atoms with Gasteiger partial charge in [0.05, 0.1) is 35.1 Å². The highest BCUT2D eigenvalue weighted by Gasteiger charge is 2.20. The summed E-state index contributed by atoms with van der Waals surface area (Å²) in [5, 5.41) is 17.1. The lowest BCUT2D eigenvalue weighted by Gasteiger charge is -2.12. The number of aryl methyl sites for hydroxylation is 1. The highest BCUT2D eigenvalue weighted by Crippen LogP contribution is 2.31. The molecule has 0 amide bonds. The molecule has 0 aliphatic heterocycles. The second-order valence-electron chi connectivity index (χ2n) is 6.51. The fraction of sp³-hybridized carbons (Fsp3) is 0.136. The van der Waals surface area contributed by atoms with Crippen LogP contribution >= 0.6 is 0 Å². The van der Waals surface area contributed by atoms with Crippen molar-refractivity contribution in [1.82, 2.24) is 19.6 Å². The van der Waals surface area contributed by atoms with Crippen LogP contribution in [0.15, 0.2) is 55.1 Å². The minimum Gasteiger partial charge on any atom is -0.462 e. The van der Waals surface area contributed by atoms with E-state index in [9.17, 15) is 10.1 Å². The van der Waals surface area contributed by atoms with Crippen LogP contribution in [0.4, 0.5) is 11.4 Å².